The molecule has 0 radical (unpaired) electrons. The fourth-order valence-electron chi connectivity index (χ4n) is 2.62. The Morgan fingerprint density at radius 3 is 2.43 bits per heavy atom. The van der Waals surface area contributed by atoms with Crippen molar-refractivity contribution < 1.29 is 18.7 Å². The number of rotatable bonds is 5. The van der Waals surface area contributed by atoms with Crippen LogP contribution >= 0.6 is 0 Å². The summed E-state index contributed by atoms with van der Waals surface area (Å²) in [6.45, 7) is 2.59. The van der Waals surface area contributed by atoms with Gasteiger partial charge in [0, 0.05) is 6.54 Å². The monoisotopic (exact) mass is 298 g/mol. The van der Waals surface area contributed by atoms with E-state index in [1.165, 1.54) is 0 Å². The van der Waals surface area contributed by atoms with Crippen molar-refractivity contribution in [3.8, 4) is 0 Å². The summed E-state index contributed by atoms with van der Waals surface area (Å²) in [5.74, 6) is -2.50. The van der Waals surface area contributed by atoms with E-state index >= 15 is 0 Å². The zero-order chi connectivity index (χ0) is 15.4. The maximum atomic E-state index is 13.7. The van der Waals surface area contributed by atoms with Crippen molar-refractivity contribution in [3.63, 3.8) is 0 Å². The van der Waals surface area contributed by atoms with Gasteiger partial charge in [0.1, 0.15) is 17.3 Å². The van der Waals surface area contributed by atoms with Crippen LogP contribution in [0.25, 0.3) is 0 Å². The molecule has 0 aliphatic carbocycles. The molecule has 0 spiro atoms. The third kappa shape index (κ3) is 4.14. The molecule has 0 aromatic heterocycles. The molecule has 1 aliphatic rings. The molecule has 0 unspecified atom stereocenters. The molecule has 1 saturated heterocycles. The third-order valence-corrected chi connectivity index (χ3v) is 3.98. The number of aromatic carboxylic acids is 1. The van der Waals surface area contributed by atoms with E-state index in [0.29, 0.717) is 12.5 Å². The van der Waals surface area contributed by atoms with Gasteiger partial charge >= 0.3 is 5.97 Å². The van der Waals surface area contributed by atoms with Crippen LogP contribution in [0.15, 0.2) is 12.1 Å². The highest BCUT2D eigenvalue weighted by atomic mass is 19.1. The fourth-order valence-corrected chi connectivity index (χ4v) is 2.62. The molecular weight excluding hydrogens is 278 g/mol. The van der Waals surface area contributed by atoms with Crippen LogP contribution in [0, 0.1) is 17.6 Å². The summed E-state index contributed by atoms with van der Waals surface area (Å²) in [7, 11) is 2.09. The second-order valence-corrected chi connectivity index (χ2v) is 5.58. The van der Waals surface area contributed by atoms with Gasteiger partial charge in [0.25, 0.3) is 0 Å². The Labute approximate surface area is 122 Å². The SMILES string of the molecule is CN1CCC(CCNc2c(F)cc(C(=O)O)cc2F)CC1. The number of carboxylic acid groups (broad SMARTS) is 1. The number of hydrogen-bond donors (Lipinski definition) is 2. The number of hydrogen-bond acceptors (Lipinski definition) is 3. The van der Waals surface area contributed by atoms with Crippen molar-refractivity contribution in [2.45, 2.75) is 19.3 Å². The summed E-state index contributed by atoms with van der Waals surface area (Å²) >= 11 is 0. The first-order chi connectivity index (χ1) is 9.97. The number of nitrogens with one attached hydrogen (secondary N) is 1. The van der Waals surface area contributed by atoms with E-state index in [9.17, 15) is 13.6 Å². The molecule has 2 rings (SSSR count). The highest BCUT2D eigenvalue weighted by Crippen LogP contribution is 2.23. The average Bonchev–Trinajstić information content (AvgIpc) is 2.43. The van der Waals surface area contributed by atoms with Gasteiger partial charge in [-0.15, -0.1) is 0 Å². The molecule has 21 heavy (non-hydrogen) atoms. The molecule has 6 heteroatoms. The van der Waals surface area contributed by atoms with E-state index in [2.05, 4.69) is 17.3 Å². The van der Waals surface area contributed by atoms with E-state index in [1.807, 2.05) is 0 Å². The minimum Gasteiger partial charge on any atom is -0.478 e. The Morgan fingerprint density at radius 1 is 1.33 bits per heavy atom. The molecule has 1 aromatic carbocycles. The van der Waals surface area contributed by atoms with Gasteiger partial charge in [-0.3, -0.25) is 0 Å². The second-order valence-electron chi connectivity index (χ2n) is 5.58. The molecule has 2 N–H and O–H groups in total. The molecule has 0 amide bonds. The lowest BCUT2D eigenvalue weighted by Crippen LogP contribution is -2.30. The van der Waals surface area contributed by atoms with Crippen molar-refractivity contribution >= 4 is 11.7 Å². The number of anilines is 1. The Morgan fingerprint density at radius 2 is 1.90 bits per heavy atom. The summed E-state index contributed by atoms with van der Waals surface area (Å²) in [5.41, 5.74) is -0.626. The van der Waals surface area contributed by atoms with E-state index in [4.69, 9.17) is 5.11 Å². The number of piperidine rings is 1. The Kier molecular flexibility index (Phi) is 5.12. The standard InChI is InChI=1S/C15H20F2N2O2/c1-19-6-3-10(4-7-19)2-5-18-14-12(16)8-11(15(20)21)9-13(14)17/h8-10,18H,2-7H2,1H3,(H,20,21). The largest absolute Gasteiger partial charge is 0.478 e. The average molecular weight is 298 g/mol. The van der Waals surface area contributed by atoms with Crippen LogP contribution in [0.2, 0.25) is 0 Å². The predicted molar refractivity (Wildman–Crippen MR) is 76.6 cm³/mol. The normalized spacial score (nSPS) is 16.9. The molecule has 1 fully saturated rings. The van der Waals surface area contributed by atoms with Crippen LogP contribution in [-0.4, -0.2) is 42.7 Å². The van der Waals surface area contributed by atoms with Crippen molar-refractivity contribution in [1.29, 1.82) is 0 Å². The molecule has 0 atom stereocenters. The minimum absolute atomic E-state index is 0.243. The summed E-state index contributed by atoms with van der Waals surface area (Å²) in [6.07, 6.45) is 3.05. The maximum Gasteiger partial charge on any atom is 0.335 e. The van der Waals surface area contributed by atoms with Gasteiger partial charge in [-0.2, -0.15) is 0 Å². The summed E-state index contributed by atoms with van der Waals surface area (Å²) in [4.78, 5) is 13.0. The van der Waals surface area contributed by atoms with Gasteiger partial charge in [-0.25, -0.2) is 13.6 Å². The Hall–Kier alpha value is -1.69. The summed E-state index contributed by atoms with van der Waals surface area (Å²) < 4.78 is 27.4. The highest BCUT2D eigenvalue weighted by molar-refractivity contribution is 5.88. The molecule has 0 saturated carbocycles. The maximum absolute atomic E-state index is 13.7. The first kappa shape index (κ1) is 15.7. The molecule has 1 aliphatic heterocycles. The van der Waals surface area contributed by atoms with E-state index in [-0.39, 0.29) is 11.3 Å². The lowest BCUT2D eigenvalue weighted by atomic mass is 9.94. The van der Waals surface area contributed by atoms with E-state index in [0.717, 1.165) is 44.5 Å². The van der Waals surface area contributed by atoms with Crippen LogP contribution in [0.1, 0.15) is 29.6 Å². The number of carbonyl (C=O) groups is 1. The Balaban J connectivity index is 1.90. The van der Waals surface area contributed by atoms with Crippen molar-refractivity contribution in [2.75, 3.05) is 32.0 Å². The molecule has 0 bridgehead atoms. The quantitative estimate of drug-likeness (QED) is 0.877. The van der Waals surface area contributed by atoms with Crippen molar-refractivity contribution in [2.24, 2.45) is 5.92 Å². The van der Waals surface area contributed by atoms with Crippen LogP contribution in [0.5, 0.6) is 0 Å². The Bertz CT molecular complexity index is 491. The summed E-state index contributed by atoms with van der Waals surface area (Å²) in [6, 6.07) is 1.67. The number of likely N-dealkylation sites (tertiary alicyclic amines) is 1. The third-order valence-electron chi connectivity index (χ3n) is 3.98. The minimum atomic E-state index is -1.34. The van der Waals surface area contributed by atoms with Gasteiger partial charge in [-0.1, -0.05) is 0 Å². The number of halogens is 2. The van der Waals surface area contributed by atoms with Crippen LogP contribution in [0.4, 0.5) is 14.5 Å². The number of nitrogens with zero attached hydrogens (tertiary/aromatic N) is 1. The molecule has 116 valence electrons. The van der Waals surface area contributed by atoms with E-state index < -0.39 is 17.6 Å². The fraction of sp³-hybridized carbons (Fsp3) is 0.533. The number of benzene rings is 1. The van der Waals surface area contributed by atoms with Crippen LogP contribution in [0.3, 0.4) is 0 Å². The van der Waals surface area contributed by atoms with Gasteiger partial charge in [0.2, 0.25) is 0 Å². The zero-order valence-electron chi connectivity index (χ0n) is 12.0. The van der Waals surface area contributed by atoms with Crippen LogP contribution < -0.4 is 5.32 Å². The lowest BCUT2D eigenvalue weighted by molar-refractivity contribution is 0.0696. The smallest absolute Gasteiger partial charge is 0.335 e. The van der Waals surface area contributed by atoms with Gasteiger partial charge < -0.3 is 15.3 Å². The molecule has 1 heterocycles. The van der Waals surface area contributed by atoms with Gasteiger partial charge in [0.15, 0.2) is 0 Å². The molecule has 4 nitrogen and oxygen atoms in total. The summed E-state index contributed by atoms with van der Waals surface area (Å²) in [5, 5.41) is 11.5. The second kappa shape index (κ2) is 6.85. The zero-order valence-corrected chi connectivity index (χ0v) is 12.0. The van der Waals surface area contributed by atoms with Gasteiger partial charge in [-0.05, 0) is 57.5 Å². The van der Waals surface area contributed by atoms with E-state index in [1.54, 1.807) is 0 Å². The highest BCUT2D eigenvalue weighted by Gasteiger charge is 2.18. The number of carboxylic acids is 1. The van der Waals surface area contributed by atoms with Crippen molar-refractivity contribution in [3.05, 3.63) is 29.3 Å². The first-order valence-corrected chi connectivity index (χ1v) is 7.12. The van der Waals surface area contributed by atoms with Gasteiger partial charge in [0.05, 0.1) is 5.56 Å². The van der Waals surface area contributed by atoms with Crippen LogP contribution in [-0.2, 0) is 0 Å². The predicted octanol–water partition coefficient (Wildman–Crippen LogP) is 2.81. The topological polar surface area (TPSA) is 52.6 Å². The molecule has 1 aromatic rings. The molecular formula is C15H20F2N2O2. The van der Waals surface area contributed by atoms with Crippen molar-refractivity contribution in [1.82, 2.24) is 4.90 Å². The lowest BCUT2D eigenvalue weighted by Gasteiger charge is -2.29. The first-order valence-electron chi connectivity index (χ1n) is 7.12.